The van der Waals surface area contributed by atoms with Crippen LogP contribution in [0.1, 0.15) is 6.42 Å². The van der Waals surface area contributed by atoms with Crippen molar-refractivity contribution in [3.05, 3.63) is 0 Å². The Hall–Kier alpha value is -0.665. The first-order valence-corrected chi connectivity index (χ1v) is 6.44. The second kappa shape index (κ2) is 3.91. The maximum absolute atomic E-state index is 13.6. The number of alkyl halides is 2. The Balaban J connectivity index is 1.96. The highest BCUT2D eigenvalue weighted by atomic mass is 79.9. The van der Waals surface area contributed by atoms with Gasteiger partial charge in [0.05, 0.1) is 6.61 Å². The highest BCUT2D eigenvalue weighted by molar-refractivity contribution is 9.10. The zero-order valence-electron chi connectivity index (χ0n) is 9.56. The minimum absolute atomic E-state index is 0.0284. The van der Waals surface area contributed by atoms with Crippen LogP contribution in [0.4, 0.5) is 9.18 Å². The van der Waals surface area contributed by atoms with E-state index in [4.69, 9.17) is 9.47 Å². The van der Waals surface area contributed by atoms with E-state index in [-0.39, 0.29) is 13.0 Å². The normalized spacial score (nSPS) is 47.6. The molecule has 5 unspecified atom stereocenters. The molecule has 0 aromatic rings. The molecule has 1 N–H and O–H groups in total. The van der Waals surface area contributed by atoms with Crippen LogP contribution in [0.3, 0.4) is 0 Å². The standard InChI is InChI=1S/C9H11BBrFN2O4/c10-9(11)6(15)13-8(16)14-5-1-3(12)4(18-5)2-17-7(9)14/h3-5,7H,1-2,10H2,(H,13,15,16). The molecule has 0 radical (unpaired) electrons. The van der Waals surface area contributed by atoms with Crippen LogP contribution in [-0.2, 0) is 14.3 Å². The van der Waals surface area contributed by atoms with Gasteiger partial charge in [-0.1, -0.05) is 15.9 Å². The lowest BCUT2D eigenvalue weighted by Crippen LogP contribution is -2.70. The Morgan fingerprint density at radius 2 is 2.28 bits per heavy atom. The van der Waals surface area contributed by atoms with Gasteiger partial charge in [-0.25, -0.2) is 9.18 Å². The van der Waals surface area contributed by atoms with E-state index in [1.165, 1.54) is 4.90 Å². The predicted molar refractivity (Wildman–Crippen MR) is 63.5 cm³/mol. The number of nitrogens with one attached hydrogen (secondary N) is 1. The zero-order valence-corrected chi connectivity index (χ0v) is 11.1. The van der Waals surface area contributed by atoms with Gasteiger partial charge in [-0.3, -0.25) is 15.0 Å². The summed E-state index contributed by atoms with van der Waals surface area (Å²) in [4.78, 5) is 24.9. The van der Waals surface area contributed by atoms with Gasteiger partial charge in [0.2, 0.25) is 5.91 Å². The van der Waals surface area contributed by atoms with E-state index in [9.17, 15) is 14.0 Å². The molecule has 18 heavy (non-hydrogen) atoms. The number of urea groups is 1. The van der Waals surface area contributed by atoms with Gasteiger partial charge in [0, 0.05) is 6.42 Å². The van der Waals surface area contributed by atoms with E-state index in [2.05, 4.69) is 21.2 Å². The van der Waals surface area contributed by atoms with Gasteiger partial charge in [-0.2, -0.15) is 0 Å². The van der Waals surface area contributed by atoms with Crippen molar-refractivity contribution in [1.82, 2.24) is 10.2 Å². The Labute approximate surface area is 112 Å². The molecule has 0 aromatic carbocycles. The molecule has 9 heteroatoms. The summed E-state index contributed by atoms with van der Waals surface area (Å²) < 4.78 is 23.4. The molecule has 3 fully saturated rings. The van der Waals surface area contributed by atoms with Crippen molar-refractivity contribution in [2.75, 3.05) is 6.61 Å². The fourth-order valence-electron chi connectivity index (χ4n) is 2.48. The monoisotopic (exact) mass is 320 g/mol. The summed E-state index contributed by atoms with van der Waals surface area (Å²) >= 11 is 3.27. The molecule has 98 valence electrons. The quantitative estimate of drug-likeness (QED) is 0.463. The highest BCUT2D eigenvalue weighted by Crippen LogP contribution is 2.37. The number of fused-ring (bicyclic) bond motifs is 4. The van der Waals surface area contributed by atoms with E-state index >= 15 is 0 Å². The minimum Gasteiger partial charge on any atom is -0.354 e. The number of imide groups is 1. The van der Waals surface area contributed by atoms with Gasteiger partial charge >= 0.3 is 6.03 Å². The lowest BCUT2D eigenvalue weighted by molar-refractivity contribution is -0.135. The van der Waals surface area contributed by atoms with E-state index in [1.54, 1.807) is 7.85 Å². The van der Waals surface area contributed by atoms with E-state index < -0.39 is 40.9 Å². The number of halogens is 2. The molecule has 3 aliphatic rings. The number of hydrogen-bond acceptors (Lipinski definition) is 4. The minimum atomic E-state index is -1.15. The Kier molecular flexibility index (Phi) is 2.69. The van der Waals surface area contributed by atoms with Crippen LogP contribution in [0.5, 0.6) is 0 Å². The van der Waals surface area contributed by atoms with Crippen LogP contribution in [0.15, 0.2) is 0 Å². The molecular formula is C9H11BBrFN2O4. The molecule has 6 nitrogen and oxygen atoms in total. The molecule has 3 heterocycles. The fraction of sp³-hybridized carbons (Fsp3) is 0.778. The van der Waals surface area contributed by atoms with Crippen molar-refractivity contribution in [1.29, 1.82) is 0 Å². The third-order valence-electron chi connectivity index (χ3n) is 3.51. The largest absolute Gasteiger partial charge is 0.354 e. The Morgan fingerprint density at radius 1 is 1.56 bits per heavy atom. The van der Waals surface area contributed by atoms with E-state index in [0.717, 1.165) is 0 Å². The van der Waals surface area contributed by atoms with Gasteiger partial charge in [-0.15, -0.1) is 0 Å². The number of ether oxygens (including phenoxy) is 2. The van der Waals surface area contributed by atoms with Crippen LogP contribution < -0.4 is 5.32 Å². The fourth-order valence-corrected chi connectivity index (χ4v) is 2.93. The van der Waals surface area contributed by atoms with Gasteiger partial charge in [-0.05, 0) is 0 Å². The summed E-state index contributed by atoms with van der Waals surface area (Å²) in [6.45, 7) is 0.0284. The number of nitrogens with zero attached hydrogens (tertiary/aromatic N) is 1. The number of carbonyl (C=O) groups excluding carboxylic acids is 2. The first-order chi connectivity index (χ1) is 8.41. The summed E-state index contributed by atoms with van der Waals surface area (Å²) in [5.41, 5.74) is 0. The third-order valence-corrected chi connectivity index (χ3v) is 4.26. The average molecular weight is 321 g/mol. The molecule has 3 saturated heterocycles. The second-order valence-corrected chi connectivity index (χ2v) is 6.46. The lowest BCUT2D eigenvalue weighted by atomic mass is 9.82. The van der Waals surface area contributed by atoms with Crippen LogP contribution in [0, 0.1) is 0 Å². The van der Waals surface area contributed by atoms with Gasteiger partial charge in [0.15, 0.2) is 6.23 Å². The SMILES string of the molecule is BC1(Br)C(=O)NC(=O)N2C3CC(F)C(COC21)O3. The van der Waals surface area contributed by atoms with Crippen LogP contribution >= 0.6 is 15.9 Å². The van der Waals surface area contributed by atoms with Crippen molar-refractivity contribution < 1.29 is 23.5 Å². The van der Waals surface area contributed by atoms with E-state index in [0.29, 0.717) is 0 Å². The number of carbonyl (C=O) groups is 2. The van der Waals surface area contributed by atoms with Gasteiger partial charge < -0.3 is 9.47 Å². The Bertz CT molecular complexity index is 423. The second-order valence-electron chi connectivity index (χ2n) is 4.81. The molecule has 0 aromatic heterocycles. The maximum Gasteiger partial charge on any atom is 0.328 e. The third kappa shape index (κ3) is 1.60. The molecule has 0 aliphatic carbocycles. The smallest absolute Gasteiger partial charge is 0.328 e. The van der Waals surface area contributed by atoms with Gasteiger partial charge in [0.25, 0.3) is 0 Å². The zero-order chi connectivity index (χ0) is 13.1. The summed E-state index contributed by atoms with van der Waals surface area (Å²) in [6, 6.07) is -0.610. The summed E-state index contributed by atoms with van der Waals surface area (Å²) in [7, 11) is 1.61. The van der Waals surface area contributed by atoms with Crippen molar-refractivity contribution in [2.24, 2.45) is 0 Å². The first-order valence-electron chi connectivity index (χ1n) is 5.65. The molecule has 2 bridgehead atoms. The van der Waals surface area contributed by atoms with Crippen LogP contribution in [-0.4, -0.2) is 60.2 Å². The topological polar surface area (TPSA) is 67.9 Å². The molecule has 5 atom stereocenters. The molecular weight excluding hydrogens is 310 g/mol. The van der Waals surface area contributed by atoms with E-state index in [1.807, 2.05) is 0 Å². The number of rotatable bonds is 0. The molecule has 0 saturated carbocycles. The first kappa shape index (κ1) is 12.4. The maximum atomic E-state index is 13.6. The molecule has 0 spiro atoms. The average Bonchev–Trinajstić information content (AvgIpc) is 2.52. The number of hydrogen-bond donors (Lipinski definition) is 1. The van der Waals surface area contributed by atoms with Crippen molar-refractivity contribution in [3.63, 3.8) is 0 Å². The van der Waals surface area contributed by atoms with Gasteiger partial charge in [0.1, 0.15) is 30.6 Å². The van der Waals surface area contributed by atoms with Crippen molar-refractivity contribution in [2.45, 2.75) is 35.4 Å². The summed E-state index contributed by atoms with van der Waals surface area (Å²) in [5.74, 6) is -0.469. The molecule has 3 amide bonds. The van der Waals surface area contributed by atoms with Crippen molar-refractivity contribution in [3.8, 4) is 0 Å². The predicted octanol–water partition coefficient (Wildman–Crippen LogP) is -0.928. The molecule has 3 aliphatic heterocycles. The summed E-state index contributed by atoms with van der Waals surface area (Å²) in [6.07, 6.45) is -3.20. The summed E-state index contributed by atoms with van der Waals surface area (Å²) in [5, 5.41) is 2.21. The van der Waals surface area contributed by atoms with Crippen LogP contribution in [0.25, 0.3) is 0 Å². The van der Waals surface area contributed by atoms with Crippen LogP contribution in [0.2, 0.25) is 0 Å². The molecule has 3 rings (SSSR count). The highest BCUT2D eigenvalue weighted by Gasteiger charge is 2.56. The van der Waals surface area contributed by atoms with Crippen molar-refractivity contribution >= 4 is 35.7 Å². The lowest BCUT2D eigenvalue weighted by Gasteiger charge is -2.44. The Morgan fingerprint density at radius 3 is 3.00 bits per heavy atom. The number of amides is 3.